The van der Waals surface area contributed by atoms with E-state index in [-0.39, 0.29) is 0 Å². The number of thiocarbonyl (C=S) groups is 1. The molecule has 5 rings (SSSR count). The van der Waals surface area contributed by atoms with Crippen molar-refractivity contribution >= 4 is 17.1 Å². The first-order valence-electron chi connectivity index (χ1n) is 11.4. The molecule has 4 aliphatic rings. The van der Waals surface area contributed by atoms with E-state index in [4.69, 9.17) is 17.0 Å². The van der Waals surface area contributed by atoms with Gasteiger partial charge in [0.25, 0.3) is 0 Å². The normalized spacial score (nSPS) is 42.4. The second kappa shape index (κ2) is 7.06. The summed E-state index contributed by atoms with van der Waals surface area (Å²) in [5.74, 6) is 2.55. The number of benzene rings is 1. The number of ether oxygens (including phenoxy) is 1. The molecule has 0 spiro atoms. The summed E-state index contributed by atoms with van der Waals surface area (Å²) in [7, 11) is 0. The molecule has 3 fully saturated rings. The Morgan fingerprint density at radius 2 is 1.75 bits per heavy atom. The summed E-state index contributed by atoms with van der Waals surface area (Å²) < 4.78 is 6.34. The van der Waals surface area contributed by atoms with E-state index >= 15 is 0 Å². The lowest BCUT2D eigenvalue weighted by atomic mass is 9.48. The van der Waals surface area contributed by atoms with Gasteiger partial charge in [0.15, 0.2) is 0 Å². The smallest absolute Gasteiger partial charge is 0.0720 e. The molecule has 0 unspecified atom stereocenters. The van der Waals surface area contributed by atoms with Crippen molar-refractivity contribution in [3.8, 4) is 0 Å². The van der Waals surface area contributed by atoms with Crippen LogP contribution in [-0.2, 0) is 11.3 Å². The Morgan fingerprint density at radius 1 is 1.00 bits per heavy atom. The predicted octanol–water partition coefficient (Wildman–Crippen LogP) is 6.90. The Hall–Kier alpha value is -0.990. The molecule has 0 aromatic heterocycles. The highest BCUT2D eigenvalue weighted by Gasteiger charge is 2.57. The van der Waals surface area contributed by atoms with Crippen molar-refractivity contribution in [2.75, 3.05) is 0 Å². The molecule has 1 aromatic carbocycles. The molecule has 1 nitrogen and oxygen atoms in total. The first-order chi connectivity index (χ1) is 13.5. The lowest BCUT2D eigenvalue weighted by molar-refractivity contribution is -0.0401. The quantitative estimate of drug-likeness (QED) is 0.407. The van der Waals surface area contributed by atoms with Gasteiger partial charge >= 0.3 is 0 Å². The van der Waals surface area contributed by atoms with Gasteiger partial charge in [-0.25, -0.2) is 0 Å². The zero-order valence-corrected chi connectivity index (χ0v) is 18.3. The second-order valence-electron chi connectivity index (χ2n) is 10.3. The summed E-state index contributed by atoms with van der Waals surface area (Å²) >= 11 is 5.82. The van der Waals surface area contributed by atoms with Crippen molar-refractivity contribution < 1.29 is 4.74 Å². The molecule has 150 valence electrons. The fraction of sp³-hybridized carbons (Fsp3) is 0.654. The van der Waals surface area contributed by atoms with E-state index in [0.717, 1.165) is 30.8 Å². The van der Waals surface area contributed by atoms with Crippen LogP contribution >= 0.6 is 12.2 Å². The van der Waals surface area contributed by atoms with Gasteiger partial charge in [-0.3, -0.25) is 0 Å². The summed E-state index contributed by atoms with van der Waals surface area (Å²) in [6.45, 7) is 5.82. The average Bonchev–Trinajstić information content (AvgIpc) is 3.02. The van der Waals surface area contributed by atoms with Crippen LogP contribution in [0.15, 0.2) is 42.0 Å². The lowest BCUT2D eigenvalue weighted by Gasteiger charge is -2.57. The minimum Gasteiger partial charge on any atom is -0.373 e. The van der Waals surface area contributed by atoms with Crippen molar-refractivity contribution in [3.63, 3.8) is 0 Å². The molecule has 1 aromatic rings. The van der Waals surface area contributed by atoms with Gasteiger partial charge in [0.2, 0.25) is 0 Å². The van der Waals surface area contributed by atoms with Crippen LogP contribution in [0.2, 0.25) is 0 Å². The van der Waals surface area contributed by atoms with Gasteiger partial charge in [0.1, 0.15) is 0 Å². The summed E-state index contributed by atoms with van der Waals surface area (Å²) in [6.07, 6.45) is 13.2. The van der Waals surface area contributed by atoms with E-state index < -0.39 is 0 Å². The molecular formula is C26H34OS. The third-order valence-corrected chi connectivity index (χ3v) is 9.77. The van der Waals surface area contributed by atoms with Crippen LogP contribution < -0.4 is 0 Å². The molecule has 0 saturated heterocycles. The highest BCUT2D eigenvalue weighted by Crippen LogP contribution is 2.64. The fourth-order valence-corrected chi connectivity index (χ4v) is 7.70. The topological polar surface area (TPSA) is 9.23 Å². The van der Waals surface area contributed by atoms with Crippen molar-refractivity contribution in [1.29, 1.82) is 0 Å². The number of hydrogen-bond acceptors (Lipinski definition) is 2. The van der Waals surface area contributed by atoms with Gasteiger partial charge in [-0.2, -0.15) is 0 Å². The molecule has 0 bridgehead atoms. The van der Waals surface area contributed by atoms with E-state index in [9.17, 15) is 0 Å². The summed E-state index contributed by atoms with van der Waals surface area (Å²) in [5.41, 5.74) is 3.76. The van der Waals surface area contributed by atoms with Gasteiger partial charge in [0.05, 0.1) is 12.7 Å². The van der Waals surface area contributed by atoms with Crippen molar-refractivity contribution in [3.05, 3.63) is 47.5 Å². The van der Waals surface area contributed by atoms with Gasteiger partial charge in [-0.15, -0.1) is 0 Å². The van der Waals surface area contributed by atoms with Crippen LogP contribution in [0.5, 0.6) is 0 Å². The van der Waals surface area contributed by atoms with Crippen LogP contribution in [0.1, 0.15) is 70.8 Å². The third-order valence-electron chi connectivity index (χ3n) is 9.10. The monoisotopic (exact) mass is 394 g/mol. The number of fused-ring (bicyclic) bond motifs is 5. The highest BCUT2D eigenvalue weighted by atomic mass is 32.1. The van der Waals surface area contributed by atoms with E-state index in [0.29, 0.717) is 16.9 Å². The Morgan fingerprint density at radius 3 is 2.57 bits per heavy atom. The molecular weight excluding hydrogens is 360 g/mol. The largest absolute Gasteiger partial charge is 0.373 e. The number of rotatable bonds is 3. The Bertz CT molecular complexity index is 783. The highest BCUT2D eigenvalue weighted by molar-refractivity contribution is 7.80. The molecule has 28 heavy (non-hydrogen) atoms. The predicted molar refractivity (Wildman–Crippen MR) is 119 cm³/mol. The van der Waals surface area contributed by atoms with Crippen LogP contribution in [-0.4, -0.2) is 11.0 Å². The maximum atomic E-state index is 6.34. The zero-order valence-electron chi connectivity index (χ0n) is 17.5. The molecule has 0 amide bonds. The molecule has 2 heteroatoms. The standard InChI is InChI=1S/C26H34OS/c1-25-14-12-20(27-17-18-6-4-3-5-7-18)16-19(25)8-9-21-22-10-11-24(28)26(22,2)15-13-23(21)25/h3-8,20-23H,9-17H2,1-2H3/t20-,21-,22-,23-,25-,26-/m0/s1. The summed E-state index contributed by atoms with van der Waals surface area (Å²) in [5, 5.41) is 0. The average molecular weight is 395 g/mol. The molecule has 0 radical (unpaired) electrons. The van der Waals surface area contributed by atoms with Gasteiger partial charge in [-0.05, 0) is 85.0 Å². The minimum atomic E-state index is 0.355. The van der Waals surface area contributed by atoms with Crippen LogP contribution in [0, 0.1) is 28.6 Å². The Kier molecular flexibility index (Phi) is 4.79. The summed E-state index contributed by atoms with van der Waals surface area (Å²) in [6, 6.07) is 10.6. The Labute approximate surface area is 175 Å². The third kappa shape index (κ3) is 2.94. The number of allylic oxidation sites excluding steroid dienone is 1. The molecule has 3 saturated carbocycles. The first-order valence-corrected chi connectivity index (χ1v) is 11.8. The molecule has 6 atom stereocenters. The van der Waals surface area contributed by atoms with Gasteiger partial charge in [0, 0.05) is 5.41 Å². The molecule has 0 aliphatic heterocycles. The maximum Gasteiger partial charge on any atom is 0.0720 e. The fourth-order valence-electron chi connectivity index (χ4n) is 7.33. The van der Waals surface area contributed by atoms with E-state index in [1.54, 1.807) is 5.57 Å². The van der Waals surface area contributed by atoms with Crippen molar-refractivity contribution in [2.45, 2.75) is 77.9 Å². The molecule has 0 N–H and O–H groups in total. The lowest BCUT2D eigenvalue weighted by Crippen LogP contribution is -2.50. The van der Waals surface area contributed by atoms with Crippen molar-refractivity contribution in [2.24, 2.45) is 28.6 Å². The summed E-state index contributed by atoms with van der Waals surface area (Å²) in [4.78, 5) is 1.38. The Balaban J connectivity index is 1.31. The van der Waals surface area contributed by atoms with E-state index in [2.05, 4.69) is 50.3 Å². The van der Waals surface area contributed by atoms with Gasteiger partial charge < -0.3 is 4.74 Å². The van der Waals surface area contributed by atoms with Crippen LogP contribution in [0.3, 0.4) is 0 Å². The maximum absolute atomic E-state index is 6.34. The van der Waals surface area contributed by atoms with E-state index in [1.165, 1.54) is 55.4 Å². The van der Waals surface area contributed by atoms with Crippen molar-refractivity contribution in [1.82, 2.24) is 0 Å². The zero-order chi connectivity index (χ0) is 19.4. The second-order valence-corrected chi connectivity index (χ2v) is 10.8. The first kappa shape index (κ1) is 19.0. The molecule has 0 heterocycles. The van der Waals surface area contributed by atoms with Crippen LogP contribution in [0.4, 0.5) is 0 Å². The van der Waals surface area contributed by atoms with Gasteiger partial charge in [-0.1, -0.05) is 68.0 Å². The minimum absolute atomic E-state index is 0.355. The molecule has 4 aliphatic carbocycles. The van der Waals surface area contributed by atoms with Crippen LogP contribution in [0.25, 0.3) is 0 Å². The van der Waals surface area contributed by atoms with E-state index in [1.807, 2.05) is 0 Å². The number of hydrogen-bond donors (Lipinski definition) is 0. The SMILES string of the molecule is C[C@]12CC[C@H](OCc3ccccc3)CC1=CC[C@@H]1[C@@H]2CC[C@]2(C)C(=S)CC[C@@H]12.